The summed E-state index contributed by atoms with van der Waals surface area (Å²) in [6, 6.07) is 15.7. The van der Waals surface area contributed by atoms with Crippen molar-refractivity contribution in [3.8, 4) is 0 Å². The maximum absolute atomic E-state index is 12.7. The number of aromatic nitrogens is 2. The second-order valence-electron chi connectivity index (χ2n) is 5.58. The van der Waals surface area contributed by atoms with E-state index >= 15 is 0 Å². The molecule has 0 radical (unpaired) electrons. The maximum atomic E-state index is 12.7. The number of nitrogens with one attached hydrogen (secondary N) is 1. The molecule has 4 aromatic rings. The van der Waals surface area contributed by atoms with E-state index in [1.165, 1.54) is 0 Å². The Kier molecular flexibility index (Phi) is 3.74. The van der Waals surface area contributed by atoms with E-state index in [9.17, 15) is 14.7 Å². The number of pyridine rings is 2. The van der Waals surface area contributed by atoms with Crippen molar-refractivity contribution in [2.75, 3.05) is 0 Å². The highest BCUT2D eigenvalue weighted by Gasteiger charge is 2.17. The minimum atomic E-state index is -1.28. The largest absolute Gasteiger partial charge is 0.477 e. The van der Waals surface area contributed by atoms with Crippen LogP contribution in [0.4, 0.5) is 11.4 Å². The zero-order valence-electron chi connectivity index (χ0n) is 13.4. The quantitative estimate of drug-likeness (QED) is 0.543. The Hall–Kier alpha value is -3.87. The number of azo groups is 1. The Balaban J connectivity index is 1.92. The molecule has 0 saturated carbocycles. The number of benzene rings is 2. The summed E-state index contributed by atoms with van der Waals surface area (Å²) in [4.78, 5) is 31.3. The Bertz CT molecular complexity index is 1240. The second-order valence-corrected chi connectivity index (χ2v) is 5.58. The van der Waals surface area contributed by atoms with Crippen LogP contribution >= 0.6 is 0 Å². The zero-order valence-corrected chi connectivity index (χ0v) is 13.4. The van der Waals surface area contributed by atoms with Crippen molar-refractivity contribution in [1.82, 2.24) is 9.97 Å². The average molecular weight is 344 g/mol. The summed E-state index contributed by atoms with van der Waals surface area (Å²) in [5.41, 5.74) is 0.462. The number of aromatic carboxylic acids is 1. The molecule has 7 heteroatoms. The monoisotopic (exact) mass is 344 g/mol. The molecule has 0 atom stereocenters. The van der Waals surface area contributed by atoms with E-state index in [1.807, 2.05) is 12.1 Å². The molecule has 2 aromatic heterocycles. The first-order chi connectivity index (χ1) is 12.6. The van der Waals surface area contributed by atoms with Gasteiger partial charge in [-0.05, 0) is 24.3 Å². The molecule has 0 unspecified atom stereocenters. The van der Waals surface area contributed by atoms with Gasteiger partial charge in [-0.15, -0.1) is 10.2 Å². The molecule has 0 aliphatic rings. The Morgan fingerprint density at radius 1 is 1.00 bits per heavy atom. The molecule has 4 rings (SSSR count). The van der Waals surface area contributed by atoms with Gasteiger partial charge in [0.2, 0.25) is 5.43 Å². The second kappa shape index (κ2) is 6.21. The van der Waals surface area contributed by atoms with Crippen LogP contribution in [0.3, 0.4) is 0 Å². The summed E-state index contributed by atoms with van der Waals surface area (Å²) in [5, 5.41) is 18.7. The number of aromatic amines is 1. The maximum Gasteiger partial charge on any atom is 0.354 e. The Morgan fingerprint density at radius 3 is 2.65 bits per heavy atom. The summed E-state index contributed by atoms with van der Waals surface area (Å²) in [7, 11) is 0. The Morgan fingerprint density at radius 2 is 1.81 bits per heavy atom. The average Bonchev–Trinajstić information content (AvgIpc) is 2.67. The lowest BCUT2D eigenvalue weighted by molar-refractivity contribution is 0.0692. The molecule has 2 heterocycles. The summed E-state index contributed by atoms with van der Waals surface area (Å²) < 4.78 is 0. The van der Waals surface area contributed by atoms with Gasteiger partial charge in [0.15, 0.2) is 11.4 Å². The number of para-hydroxylation sites is 2. The molecular weight excluding hydrogens is 332 g/mol. The molecule has 0 aliphatic heterocycles. The lowest BCUT2D eigenvalue weighted by atomic mass is 10.1. The number of hydrogen-bond donors (Lipinski definition) is 2. The third-order valence-electron chi connectivity index (χ3n) is 3.97. The topological polar surface area (TPSA) is 108 Å². The highest BCUT2D eigenvalue weighted by atomic mass is 16.4. The fraction of sp³-hybridized carbons (Fsp3) is 0. The van der Waals surface area contributed by atoms with Gasteiger partial charge >= 0.3 is 5.97 Å². The molecule has 2 N–H and O–H groups in total. The van der Waals surface area contributed by atoms with Crippen molar-refractivity contribution in [1.29, 1.82) is 0 Å². The molecule has 0 bridgehead atoms. The molecule has 0 saturated heterocycles. The van der Waals surface area contributed by atoms with Crippen LogP contribution < -0.4 is 5.43 Å². The molecular formula is C19H12N4O3. The molecule has 0 fully saturated rings. The predicted molar refractivity (Wildman–Crippen MR) is 97.4 cm³/mol. The zero-order chi connectivity index (χ0) is 18.1. The van der Waals surface area contributed by atoms with Gasteiger partial charge in [-0.25, -0.2) is 4.79 Å². The van der Waals surface area contributed by atoms with E-state index < -0.39 is 11.4 Å². The van der Waals surface area contributed by atoms with Gasteiger partial charge in [0, 0.05) is 17.0 Å². The minimum Gasteiger partial charge on any atom is -0.477 e. The van der Waals surface area contributed by atoms with Crippen molar-refractivity contribution < 1.29 is 9.90 Å². The molecule has 0 aliphatic carbocycles. The highest BCUT2D eigenvalue weighted by Crippen LogP contribution is 2.26. The number of nitrogens with zero attached hydrogens (tertiary/aromatic N) is 3. The van der Waals surface area contributed by atoms with Gasteiger partial charge < -0.3 is 10.1 Å². The number of hydrogen-bond acceptors (Lipinski definition) is 5. The van der Waals surface area contributed by atoms with Gasteiger partial charge in [-0.1, -0.05) is 30.3 Å². The van der Waals surface area contributed by atoms with Crippen LogP contribution in [-0.4, -0.2) is 21.0 Å². The SMILES string of the molecule is O=C(O)c1[nH]c2ccccc2c(=O)c1N=Nc1cccc2cccnc12. The molecule has 2 aromatic carbocycles. The minimum absolute atomic E-state index is 0.246. The van der Waals surface area contributed by atoms with Crippen LogP contribution in [0.2, 0.25) is 0 Å². The van der Waals surface area contributed by atoms with Gasteiger partial charge in [-0.2, -0.15) is 0 Å². The standard InChI is InChI=1S/C19H12N4O3/c24-18-12-7-1-2-8-13(12)21-17(19(25)26)16(18)23-22-14-9-3-5-11-6-4-10-20-15(11)14/h1-10H,(H,21,24)(H,25,26). The van der Waals surface area contributed by atoms with E-state index in [-0.39, 0.29) is 11.4 Å². The smallest absolute Gasteiger partial charge is 0.354 e. The number of fused-ring (bicyclic) bond motifs is 2. The first-order valence-electron chi connectivity index (χ1n) is 7.79. The van der Waals surface area contributed by atoms with Crippen LogP contribution in [0.25, 0.3) is 21.8 Å². The van der Waals surface area contributed by atoms with Crippen molar-refractivity contribution in [3.05, 3.63) is 76.7 Å². The van der Waals surface area contributed by atoms with E-state index in [2.05, 4.69) is 20.2 Å². The highest BCUT2D eigenvalue weighted by molar-refractivity contribution is 5.95. The third-order valence-corrected chi connectivity index (χ3v) is 3.97. The normalized spacial score (nSPS) is 11.4. The molecule has 126 valence electrons. The van der Waals surface area contributed by atoms with Gasteiger partial charge in [0.25, 0.3) is 0 Å². The summed E-state index contributed by atoms with van der Waals surface area (Å²) in [6.07, 6.45) is 1.63. The number of H-pyrrole nitrogens is 1. The summed E-state index contributed by atoms with van der Waals surface area (Å²) in [5.74, 6) is -1.28. The van der Waals surface area contributed by atoms with Crippen molar-refractivity contribution >= 4 is 39.1 Å². The fourth-order valence-corrected chi connectivity index (χ4v) is 2.75. The van der Waals surface area contributed by atoms with Crippen LogP contribution in [0.5, 0.6) is 0 Å². The van der Waals surface area contributed by atoms with Gasteiger partial charge in [0.05, 0.1) is 11.0 Å². The summed E-state index contributed by atoms with van der Waals surface area (Å²) >= 11 is 0. The van der Waals surface area contributed by atoms with E-state index in [0.717, 1.165) is 5.39 Å². The molecule has 7 nitrogen and oxygen atoms in total. The van der Waals surface area contributed by atoms with Crippen LogP contribution in [-0.2, 0) is 0 Å². The van der Waals surface area contributed by atoms with Crippen molar-refractivity contribution in [2.24, 2.45) is 10.2 Å². The number of rotatable bonds is 3. The third kappa shape index (κ3) is 2.61. The predicted octanol–water partition coefficient (Wildman–Crippen LogP) is 4.19. The van der Waals surface area contributed by atoms with Crippen LogP contribution in [0.1, 0.15) is 10.5 Å². The number of carboxylic acid groups (broad SMARTS) is 1. The van der Waals surface area contributed by atoms with E-state index in [4.69, 9.17) is 0 Å². The van der Waals surface area contributed by atoms with Crippen LogP contribution in [0.15, 0.2) is 75.8 Å². The van der Waals surface area contributed by atoms with Crippen molar-refractivity contribution in [3.63, 3.8) is 0 Å². The molecule has 0 spiro atoms. The van der Waals surface area contributed by atoms with E-state index in [0.29, 0.717) is 22.1 Å². The van der Waals surface area contributed by atoms with E-state index in [1.54, 1.807) is 48.7 Å². The first-order valence-corrected chi connectivity index (χ1v) is 7.79. The Labute approximate surface area is 146 Å². The van der Waals surface area contributed by atoms with Crippen LogP contribution in [0, 0.1) is 0 Å². The van der Waals surface area contributed by atoms with Gasteiger partial charge in [-0.3, -0.25) is 9.78 Å². The van der Waals surface area contributed by atoms with Gasteiger partial charge in [0.1, 0.15) is 5.69 Å². The lowest BCUT2D eigenvalue weighted by Gasteiger charge is -2.04. The lowest BCUT2D eigenvalue weighted by Crippen LogP contribution is -2.11. The fourth-order valence-electron chi connectivity index (χ4n) is 2.75. The molecule has 26 heavy (non-hydrogen) atoms. The van der Waals surface area contributed by atoms with Crippen molar-refractivity contribution in [2.45, 2.75) is 0 Å². The number of carboxylic acids is 1. The summed E-state index contributed by atoms with van der Waals surface area (Å²) in [6.45, 7) is 0. The molecule has 0 amide bonds. The number of carbonyl (C=O) groups is 1. The first kappa shape index (κ1) is 15.6.